The van der Waals surface area contributed by atoms with Gasteiger partial charge in [0.2, 0.25) is 5.88 Å². The average molecular weight is 224 g/mol. The molecule has 0 atom stereocenters. The van der Waals surface area contributed by atoms with E-state index in [1.807, 2.05) is 14.0 Å². The summed E-state index contributed by atoms with van der Waals surface area (Å²) in [6.07, 6.45) is 0. The Hall–Kier alpha value is -1.56. The number of aromatic nitrogens is 3. The van der Waals surface area contributed by atoms with Crippen molar-refractivity contribution in [1.82, 2.24) is 14.8 Å². The predicted octanol–water partition coefficient (Wildman–Crippen LogP) is 1.44. The third-order valence-corrected chi connectivity index (χ3v) is 2.85. The Kier molecular flexibility index (Phi) is 2.36. The van der Waals surface area contributed by atoms with Gasteiger partial charge in [0.05, 0.1) is 23.9 Å². The van der Waals surface area contributed by atoms with Crippen LogP contribution in [0, 0.1) is 6.92 Å². The lowest BCUT2D eigenvalue weighted by Crippen LogP contribution is -1.96. The summed E-state index contributed by atoms with van der Waals surface area (Å²) in [4.78, 5) is 4.23. The number of nitrogen functional groups attached to an aromatic ring is 1. The Morgan fingerprint density at radius 2 is 2.27 bits per heavy atom. The molecule has 0 spiro atoms. The lowest BCUT2D eigenvalue weighted by Gasteiger charge is -2.02. The van der Waals surface area contributed by atoms with Crippen molar-refractivity contribution in [3.8, 4) is 17.1 Å². The minimum Gasteiger partial charge on any atom is -0.481 e. The van der Waals surface area contributed by atoms with Crippen LogP contribution in [0.4, 0.5) is 5.00 Å². The monoisotopic (exact) mass is 224 g/mol. The van der Waals surface area contributed by atoms with Crippen LogP contribution in [0.5, 0.6) is 5.88 Å². The van der Waals surface area contributed by atoms with Gasteiger partial charge in [-0.25, -0.2) is 9.67 Å². The Balaban J connectivity index is 2.67. The smallest absolute Gasteiger partial charge is 0.221 e. The first-order valence-corrected chi connectivity index (χ1v) is 5.30. The van der Waals surface area contributed by atoms with Gasteiger partial charge in [-0.15, -0.1) is 11.3 Å². The molecule has 0 bridgehead atoms. The number of nitrogens with zero attached hydrogens (tertiary/aromatic N) is 3. The van der Waals surface area contributed by atoms with Gasteiger partial charge >= 0.3 is 0 Å². The molecule has 5 nitrogen and oxygen atoms in total. The largest absolute Gasteiger partial charge is 0.481 e. The number of aryl methyl sites for hydroxylation is 2. The molecule has 80 valence electrons. The Bertz CT molecular complexity index is 488. The minimum absolute atomic E-state index is 0.685. The molecule has 2 aromatic heterocycles. The van der Waals surface area contributed by atoms with Crippen molar-refractivity contribution in [2.75, 3.05) is 12.8 Å². The van der Waals surface area contributed by atoms with Crippen molar-refractivity contribution in [2.45, 2.75) is 6.92 Å². The fourth-order valence-corrected chi connectivity index (χ4v) is 2.12. The second-order valence-electron chi connectivity index (χ2n) is 3.16. The molecule has 0 unspecified atom stereocenters. The van der Waals surface area contributed by atoms with E-state index in [4.69, 9.17) is 10.5 Å². The molecule has 2 aromatic rings. The van der Waals surface area contributed by atoms with Gasteiger partial charge in [-0.05, 0) is 6.92 Å². The topological polar surface area (TPSA) is 66.0 Å². The molecule has 0 aromatic carbocycles. The number of rotatable bonds is 2. The molecule has 6 heteroatoms. The van der Waals surface area contributed by atoms with Crippen LogP contribution in [0.3, 0.4) is 0 Å². The van der Waals surface area contributed by atoms with Crippen LogP contribution in [-0.2, 0) is 7.05 Å². The van der Waals surface area contributed by atoms with Crippen LogP contribution >= 0.6 is 11.3 Å². The number of nitrogens with two attached hydrogens (primary N) is 1. The van der Waals surface area contributed by atoms with E-state index in [0.717, 1.165) is 17.0 Å². The van der Waals surface area contributed by atoms with Crippen molar-refractivity contribution in [1.29, 1.82) is 0 Å². The van der Waals surface area contributed by atoms with Crippen LogP contribution in [0.15, 0.2) is 5.51 Å². The first-order valence-electron chi connectivity index (χ1n) is 4.42. The van der Waals surface area contributed by atoms with Crippen molar-refractivity contribution < 1.29 is 4.74 Å². The molecule has 0 saturated heterocycles. The molecule has 2 rings (SSSR count). The SMILES string of the molecule is COc1c(-c2ncsc2N)c(C)nn1C. The highest BCUT2D eigenvalue weighted by atomic mass is 32.1. The molecule has 0 aliphatic heterocycles. The lowest BCUT2D eigenvalue weighted by molar-refractivity contribution is 0.374. The molecular formula is C9H12N4OS. The third kappa shape index (κ3) is 1.46. The van der Waals surface area contributed by atoms with Gasteiger partial charge < -0.3 is 10.5 Å². The quantitative estimate of drug-likeness (QED) is 0.838. The minimum atomic E-state index is 0.685. The van der Waals surface area contributed by atoms with Crippen molar-refractivity contribution in [3.63, 3.8) is 0 Å². The van der Waals surface area contributed by atoms with E-state index in [1.54, 1.807) is 17.3 Å². The number of hydrogen-bond acceptors (Lipinski definition) is 5. The van der Waals surface area contributed by atoms with E-state index in [1.165, 1.54) is 11.3 Å². The van der Waals surface area contributed by atoms with Gasteiger partial charge in [0.25, 0.3) is 0 Å². The second-order valence-corrected chi connectivity index (χ2v) is 4.04. The molecule has 2 N–H and O–H groups in total. The molecule has 0 saturated carbocycles. The van der Waals surface area contributed by atoms with E-state index < -0.39 is 0 Å². The van der Waals surface area contributed by atoms with E-state index >= 15 is 0 Å². The van der Waals surface area contributed by atoms with E-state index in [2.05, 4.69) is 10.1 Å². The first-order chi connectivity index (χ1) is 7.15. The van der Waals surface area contributed by atoms with Crippen molar-refractivity contribution in [2.24, 2.45) is 7.05 Å². The van der Waals surface area contributed by atoms with E-state index in [0.29, 0.717) is 10.9 Å². The summed E-state index contributed by atoms with van der Waals surface area (Å²) < 4.78 is 6.97. The van der Waals surface area contributed by atoms with Gasteiger partial charge in [0, 0.05) is 7.05 Å². The molecule has 2 heterocycles. The number of ether oxygens (including phenoxy) is 1. The van der Waals surface area contributed by atoms with Gasteiger partial charge in [-0.3, -0.25) is 0 Å². The Morgan fingerprint density at radius 3 is 2.80 bits per heavy atom. The highest BCUT2D eigenvalue weighted by Gasteiger charge is 2.19. The summed E-state index contributed by atoms with van der Waals surface area (Å²) in [5, 5.41) is 4.96. The summed E-state index contributed by atoms with van der Waals surface area (Å²) in [5.74, 6) is 0.685. The standard InChI is InChI=1S/C9H12N4OS/c1-5-6(7-8(10)15-4-11-7)9(14-3)13(2)12-5/h4H,10H2,1-3H3. The Morgan fingerprint density at radius 1 is 1.53 bits per heavy atom. The van der Waals surface area contributed by atoms with Crippen molar-refractivity contribution >= 4 is 16.3 Å². The maximum absolute atomic E-state index is 5.84. The van der Waals surface area contributed by atoms with Gasteiger partial charge in [-0.1, -0.05) is 0 Å². The van der Waals surface area contributed by atoms with Crippen LogP contribution < -0.4 is 10.5 Å². The summed E-state index contributed by atoms with van der Waals surface area (Å²) in [5.41, 5.74) is 10.1. The zero-order valence-electron chi connectivity index (χ0n) is 8.81. The molecule has 0 radical (unpaired) electrons. The normalized spacial score (nSPS) is 10.6. The molecule has 0 amide bonds. The Labute approximate surface area is 91.5 Å². The fourth-order valence-electron chi connectivity index (χ4n) is 1.59. The highest BCUT2D eigenvalue weighted by molar-refractivity contribution is 7.14. The summed E-state index contributed by atoms with van der Waals surface area (Å²) in [6, 6.07) is 0. The maximum atomic E-state index is 5.84. The number of methoxy groups -OCH3 is 1. The van der Waals surface area contributed by atoms with E-state index in [-0.39, 0.29) is 0 Å². The maximum Gasteiger partial charge on any atom is 0.221 e. The lowest BCUT2D eigenvalue weighted by atomic mass is 10.2. The zero-order chi connectivity index (χ0) is 11.0. The molecule has 0 fully saturated rings. The van der Waals surface area contributed by atoms with E-state index in [9.17, 15) is 0 Å². The van der Waals surface area contributed by atoms with Crippen LogP contribution in [0.25, 0.3) is 11.3 Å². The van der Waals surface area contributed by atoms with Gasteiger partial charge in [0.15, 0.2) is 0 Å². The molecule has 15 heavy (non-hydrogen) atoms. The summed E-state index contributed by atoms with van der Waals surface area (Å²) in [6.45, 7) is 1.91. The molecular weight excluding hydrogens is 212 g/mol. The summed E-state index contributed by atoms with van der Waals surface area (Å²) in [7, 11) is 3.44. The first kappa shape index (κ1) is 9.97. The van der Waals surface area contributed by atoms with Crippen LogP contribution in [-0.4, -0.2) is 21.9 Å². The average Bonchev–Trinajstić information content (AvgIpc) is 2.70. The fraction of sp³-hybridized carbons (Fsp3) is 0.333. The number of hydrogen-bond donors (Lipinski definition) is 1. The third-order valence-electron chi connectivity index (χ3n) is 2.19. The predicted molar refractivity (Wildman–Crippen MR) is 60.0 cm³/mol. The second kappa shape index (κ2) is 3.54. The zero-order valence-corrected chi connectivity index (χ0v) is 9.63. The number of thiazole rings is 1. The van der Waals surface area contributed by atoms with Gasteiger partial charge in [-0.2, -0.15) is 5.10 Å². The molecule has 0 aliphatic rings. The highest BCUT2D eigenvalue weighted by Crippen LogP contribution is 2.36. The number of anilines is 1. The van der Waals surface area contributed by atoms with Crippen LogP contribution in [0.1, 0.15) is 5.69 Å². The van der Waals surface area contributed by atoms with Crippen LogP contribution in [0.2, 0.25) is 0 Å². The summed E-state index contributed by atoms with van der Waals surface area (Å²) >= 11 is 1.41. The van der Waals surface area contributed by atoms with Crippen molar-refractivity contribution in [3.05, 3.63) is 11.2 Å². The van der Waals surface area contributed by atoms with Gasteiger partial charge in [0.1, 0.15) is 10.7 Å². The molecule has 0 aliphatic carbocycles.